The fourth-order valence-electron chi connectivity index (χ4n) is 3.67. The van der Waals surface area contributed by atoms with Crippen molar-refractivity contribution in [1.82, 2.24) is 9.88 Å². The van der Waals surface area contributed by atoms with Crippen LogP contribution in [0.25, 0.3) is 10.9 Å². The van der Waals surface area contributed by atoms with Crippen LogP contribution in [0.2, 0.25) is 0 Å². The Morgan fingerprint density at radius 2 is 2.14 bits per heavy atom. The number of carbonyl (C=O) groups excluding carboxylic acids is 1. The second kappa shape index (κ2) is 4.91. The first-order chi connectivity index (χ1) is 10.6. The van der Waals surface area contributed by atoms with Crippen molar-refractivity contribution in [3.63, 3.8) is 0 Å². The van der Waals surface area contributed by atoms with Crippen molar-refractivity contribution in [1.29, 1.82) is 0 Å². The van der Waals surface area contributed by atoms with Gasteiger partial charge >= 0.3 is 0 Å². The first-order valence-electron chi connectivity index (χ1n) is 7.69. The van der Waals surface area contributed by atoms with Gasteiger partial charge in [-0.3, -0.25) is 9.69 Å². The van der Waals surface area contributed by atoms with Crippen LogP contribution in [0.15, 0.2) is 24.4 Å². The van der Waals surface area contributed by atoms with Crippen molar-refractivity contribution >= 4 is 16.7 Å². The zero-order valence-electron chi connectivity index (χ0n) is 12.9. The van der Waals surface area contributed by atoms with Gasteiger partial charge in [0.25, 0.3) is 0 Å². The lowest BCUT2D eigenvalue weighted by molar-refractivity contribution is -0.155. The van der Waals surface area contributed by atoms with Gasteiger partial charge < -0.3 is 14.5 Å². The molecule has 1 unspecified atom stereocenters. The van der Waals surface area contributed by atoms with Crippen LogP contribution in [0.1, 0.15) is 22.8 Å². The highest BCUT2D eigenvalue weighted by atomic mass is 16.7. The van der Waals surface area contributed by atoms with E-state index >= 15 is 0 Å². The second-order valence-corrected chi connectivity index (χ2v) is 6.37. The fraction of sp³-hybridized carbons (Fsp3) is 0.471. The number of H-pyrrole nitrogens is 1. The Kier molecular flexibility index (Phi) is 3.11. The average Bonchev–Trinajstić information content (AvgIpc) is 3.10. The van der Waals surface area contributed by atoms with Crippen molar-refractivity contribution in [3.05, 3.63) is 35.5 Å². The maximum absolute atomic E-state index is 12.9. The minimum absolute atomic E-state index is 0.168. The number of Topliss-reactive ketones (excluding diaryl/α,β-unsaturated/α-hetero) is 1. The highest BCUT2D eigenvalue weighted by Gasteiger charge is 2.38. The number of hydrogen-bond acceptors (Lipinski definition) is 4. The number of ketones is 1. The van der Waals surface area contributed by atoms with Gasteiger partial charge in [-0.1, -0.05) is 12.1 Å². The summed E-state index contributed by atoms with van der Waals surface area (Å²) in [5.41, 5.74) is 3.06. The molecule has 0 spiro atoms. The highest BCUT2D eigenvalue weighted by Crippen LogP contribution is 2.32. The lowest BCUT2D eigenvalue weighted by Crippen LogP contribution is -2.49. The van der Waals surface area contributed by atoms with Crippen molar-refractivity contribution in [2.24, 2.45) is 0 Å². The molecule has 1 aromatic carbocycles. The number of ether oxygens (including phenoxy) is 2. The number of nitrogens with one attached hydrogen (secondary N) is 1. The maximum Gasteiger partial charge on any atom is 0.180 e. The third-order valence-electron chi connectivity index (χ3n) is 4.74. The van der Waals surface area contributed by atoms with Crippen LogP contribution >= 0.6 is 0 Å². The molecule has 2 aliphatic rings. The topological polar surface area (TPSA) is 54.6 Å². The van der Waals surface area contributed by atoms with Gasteiger partial charge in [0.1, 0.15) is 0 Å². The van der Waals surface area contributed by atoms with Crippen LogP contribution in [0, 0.1) is 0 Å². The normalized spacial score (nSPS) is 23.6. The van der Waals surface area contributed by atoms with Crippen molar-refractivity contribution in [2.75, 3.05) is 26.8 Å². The first kappa shape index (κ1) is 13.9. The Morgan fingerprint density at radius 1 is 1.36 bits per heavy atom. The number of hydrogen-bond donors (Lipinski definition) is 1. The Balaban J connectivity index is 1.63. The van der Waals surface area contributed by atoms with Crippen LogP contribution in [-0.2, 0) is 15.9 Å². The molecular weight excluding hydrogens is 280 g/mol. The standard InChI is InChI=1S/C17H20N2O3/c1-17(21-6-7-22-17)10-19(2)14-8-11-9-18-13-5-3-4-12(15(11)13)16(14)20/h3-5,9,14,18H,6-8,10H2,1-2H3. The number of likely N-dealkylation sites (N-methyl/N-ethyl adjacent to an activating group) is 1. The quantitative estimate of drug-likeness (QED) is 0.941. The van der Waals surface area contributed by atoms with E-state index in [9.17, 15) is 4.79 Å². The largest absolute Gasteiger partial charge is 0.361 e. The molecule has 2 heterocycles. The molecule has 0 saturated carbocycles. The summed E-state index contributed by atoms with van der Waals surface area (Å²) in [5, 5.41) is 1.08. The summed E-state index contributed by atoms with van der Waals surface area (Å²) in [7, 11) is 1.97. The van der Waals surface area contributed by atoms with E-state index in [1.54, 1.807) is 0 Å². The van der Waals surface area contributed by atoms with Gasteiger partial charge in [0.2, 0.25) is 0 Å². The molecule has 1 atom stereocenters. The van der Waals surface area contributed by atoms with E-state index in [4.69, 9.17) is 9.47 Å². The van der Waals surface area contributed by atoms with Gasteiger partial charge in [-0.2, -0.15) is 0 Å². The van der Waals surface area contributed by atoms with E-state index in [1.807, 2.05) is 38.4 Å². The third kappa shape index (κ3) is 2.08. The number of nitrogens with zero attached hydrogens (tertiary/aromatic N) is 1. The Bertz CT molecular complexity index is 731. The smallest absolute Gasteiger partial charge is 0.180 e. The predicted molar refractivity (Wildman–Crippen MR) is 83.1 cm³/mol. The number of benzene rings is 1. The molecule has 1 aliphatic carbocycles. The number of aromatic amines is 1. The molecule has 5 heteroatoms. The molecule has 116 valence electrons. The van der Waals surface area contributed by atoms with Crippen LogP contribution < -0.4 is 0 Å². The van der Waals surface area contributed by atoms with Gasteiger partial charge in [0.05, 0.1) is 25.8 Å². The van der Waals surface area contributed by atoms with Crippen LogP contribution in [0.4, 0.5) is 0 Å². The van der Waals surface area contributed by atoms with Crippen LogP contribution in [0.3, 0.4) is 0 Å². The van der Waals surface area contributed by atoms with E-state index in [-0.39, 0.29) is 11.8 Å². The lowest BCUT2D eigenvalue weighted by Gasteiger charge is -2.34. The number of rotatable bonds is 3. The molecule has 1 saturated heterocycles. The third-order valence-corrected chi connectivity index (χ3v) is 4.74. The summed E-state index contributed by atoms with van der Waals surface area (Å²) < 4.78 is 11.3. The molecule has 0 radical (unpaired) electrons. The first-order valence-corrected chi connectivity index (χ1v) is 7.69. The van der Waals surface area contributed by atoms with E-state index in [1.165, 1.54) is 5.56 Å². The summed E-state index contributed by atoms with van der Waals surface area (Å²) in [6, 6.07) is 5.70. The molecule has 0 amide bonds. The summed E-state index contributed by atoms with van der Waals surface area (Å²) in [4.78, 5) is 18.2. The SMILES string of the molecule is CN(CC1(C)OCCO1)C1Cc2c[nH]c3cccc(c23)C1=O. The van der Waals surface area contributed by atoms with Crippen molar-refractivity contribution in [3.8, 4) is 0 Å². The van der Waals surface area contributed by atoms with E-state index in [2.05, 4.69) is 9.88 Å². The van der Waals surface area contributed by atoms with Gasteiger partial charge in [-0.25, -0.2) is 0 Å². The molecule has 1 aliphatic heterocycles. The zero-order valence-corrected chi connectivity index (χ0v) is 12.9. The molecular formula is C17H20N2O3. The van der Waals surface area contributed by atoms with E-state index in [0.717, 1.165) is 22.9 Å². The molecule has 1 fully saturated rings. The molecule has 2 aromatic rings. The summed E-state index contributed by atoms with van der Waals surface area (Å²) in [6.45, 7) is 3.75. The average molecular weight is 300 g/mol. The minimum Gasteiger partial charge on any atom is -0.361 e. The van der Waals surface area contributed by atoms with E-state index < -0.39 is 5.79 Å². The summed E-state index contributed by atoms with van der Waals surface area (Å²) in [6.07, 6.45) is 2.74. The van der Waals surface area contributed by atoms with Crippen molar-refractivity contribution in [2.45, 2.75) is 25.2 Å². The number of carbonyl (C=O) groups is 1. The fourth-order valence-corrected chi connectivity index (χ4v) is 3.67. The van der Waals surface area contributed by atoms with Gasteiger partial charge in [0, 0.05) is 22.7 Å². The van der Waals surface area contributed by atoms with Gasteiger partial charge in [-0.15, -0.1) is 0 Å². The molecule has 5 nitrogen and oxygen atoms in total. The van der Waals surface area contributed by atoms with Gasteiger partial charge in [-0.05, 0) is 32.0 Å². The monoisotopic (exact) mass is 300 g/mol. The highest BCUT2D eigenvalue weighted by molar-refractivity contribution is 6.13. The maximum atomic E-state index is 12.9. The lowest BCUT2D eigenvalue weighted by atomic mass is 9.87. The molecule has 1 N–H and O–H groups in total. The second-order valence-electron chi connectivity index (χ2n) is 6.37. The summed E-state index contributed by atoms with van der Waals surface area (Å²) >= 11 is 0. The Morgan fingerprint density at radius 3 is 2.91 bits per heavy atom. The van der Waals surface area contributed by atoms with Crippen molar-refractivity contribution < 1.29 is 14.3 Å². The van der Waals surface area contributed by atoms with Crippen LogP contribution in [-0.4, -0.2) is 54.3 Å². The molecule has 4 rings (SSSR count). The molecule has 0 bridgehead atoms. The van der Waals surface area contributed by atoms with Crippen LogP contribution in [0.5, 0.6) is 0 Å². The summed E-state index contributed by atoms with van der Waals surface area (Å²) in [5.74, 6) is -0.429. The van der Waals surface area contributed by atoms with Gasteiger partial charge in [0.15, 0.2) is 11.6 Å². The van der Waals surface area contributed by atoms with E-state index in [0.29, 0.717) is 19.8 Å². The Hall–Kier alpha value is -1.69. The zero-order chi connectivity index (χ0) is 15.3. The molecule has 1 aromatic heterocycles. The molecule has 22 heavy (non-hydrogen) atoms. The Labute approximate surface area is 129 Å². The number of aromatic nitrogens is 1. The minimum atomic E-state index is -0.612. The predicted octanol–water partition coefficient (Wildman–Crippen LogP) is 1.97.